The van der Waals surface area contributed by atoms with Gasteiger partial charge in [-0.25, -0.2) is 4.98 Å². The zero-order valence-corrected chi connectivity index (χ0v) is 13.4. The van der Waals surface area contributed by atoms with Crippen LogP contribution in [-0.4, -0.2) is 10.9 Å². The second kappa shape index (κ2) is 6.65. The van der Waals surface area contributed by atoms with Gasteiger partial charge < -0.3 is 9.73 Å². The number of oxazole rings is 1. The highest BCUT2D eigenvalue weighted by Crippen LogP contribution is 2.16. The van der Waals surface area contributed by atoms with Crippen molar-refractivity contribution in [2.75, 3.05) is 0 Å². The van der Waals surface area contributed by atoms with Gasteiger partial charge >= 0.3 is 0 Å². The normalized spacial score (nSPS) is 10.9. The van der Waals surface area contributed by atoms with E-state index in [4.69, 9.17) is 4.42 Å². The fraction of sp³-hybridized carbons (Fsp3) is 0.263. The molecule has 0 aliphatic heterocycles. The Labute approximate surface area is 135 Å². The van der Waals surface area contributed by atoms with Crippen molar-refractivity contribution in [3.8, 4) is 0 Å². The van der Waals surface area contributed by atoms with Gasteiger partial charge in [-0.15, -0.1) is 0 Å². The third-order valence-electron chi connectivity index (χ3n) is 3.93. The van der Waals surface area contributed by atoms with Crippen LogP contribution in [0.1, 0.15) is 29.0 Å². The number of amides is 1. The molecule has 0 atom stereocenters. The smallest absolute Gasteiger partial charge is 0.220 e. The topological polar surface area (TPSA) is 55.1 Å². The average molecular weight is 308 g/mol. The molecule has 0 saturated heterocycles. The molecule has 0 spiro atoms. The molecule has 1 heterocycles. The predicted octanol–water partition coefficient (Wildman–Crippen LogP) is 3.69. The van der Waals surface area contributed by atoms with Crippen molar-refractivity contribution >= 4 is 17.0 Å². The molecular weight excluding hydrogens is 288 g/mol. The summed E-state index contributed by atoms with van der Waals surface area (Å²) in [5.74, 6) is 0.712. The number of fused-ring (bicyclic) bond motifs is 1. The van der Waals surface area contributed by atoms with E-state index in [0.717, 1.165) is 23.1 Å². The highest BCUT2D eigenvalue weighted by Gasteiger charge is 2.06. The van der Waals surface area contributed by atoms with E-state index in [1.807, 2.05) is 37.3 Å². The Kier molecular flexibility index (Phi) is 4.42. The summed E-state index contributed by atoms with van der Waals surface area (Å²) in [4.78, 5) is 16.3. The lowest BCUT2D eigenvalue weighted by Gasteiger charge is -2.07. The van der Waals surface area contributed by atoms with Crippen LogP contribution in [0.25, 0.3) is 11.1 Å². The van der Waals surface area contributed by atoms with Gasteiger partial charge in [0.15, 0.2) is 11.5 Å². The number of carbonyl (C=O) groups excluding carboxylic acids is 1. The molecule has 3 rings (SSSR count). The minimum absolute atomic E-state index is 0.0599. The summed E-state index contributed by atoms with van der Waals surface area (Å²) >= 11 is 0. The van der Waals surface area contributed by atoms with E-state index in [0.29, 0.717) is 18.9 Å². The monoisotopic (exact) mass is 308 g/mol. The molecule has 0 aliphatic rings. The maximum absolute atomic E-state index is 12.0. The van der Waals surface area contributed by atoms with E-state index in [1.54, 1.807) is 0 Å². The molecule has 0 unspecified atom stereocenters. The summed E-state index contributed by atoms with van der Waals surface area (Å²) in [7, 11) is 0. The maximum Gasteiger partial charge on any atom is 0.220 e. The molecule has 3 aromatic rings. The van der Waals surface area contributed by atoms with Gasteiger partial charge in [0.05, 0.1) is 0 Å². The number of hydrogen-bond acceptors (Lipinski definition) is 3. The summed E-state index contributed by atoms with van der Waals surface area (Å²) in [6.07, 6.45) is 1.26. The number of rotatable bonds is 5. The fourth-order valence-corrected chi connectivity index (χ4v) is 2.63. The first-order valence-corrected chi connectivity index (χ1v) is 7.79. The number of hydrogen-bond donors (Lipinski definition) is 1. The molecule has 1 N–H and O–H groups in total. The van der Waals surface area contributed by atoms with E-state index in [1.165, 1.54) is 11.1 Å². The number of nitrogens with one attached hydrogen (secondary N) is 1. The number of aryl methyl sites for hydroxylation is 3. The van der Waals surface area contributed by atoms with Crippen molar-refractivity contribution < 1.29 is 9.21 Å². The van der Waals surface area contributed by atoms with Gasteiger partial charge in [-0.3, -0.25) is 4.79 Å². The number of aromatic nitrogens is 1. The van der Waals surface area contributed by atoms with Crippen LogP contribution in [-0.2, 0) is 17.8 Å². The molecule has 23 heavy (non-hydrogen) atoms. The molecule has 0 saturated carbocycles. The van der Waals surface area contributed by atoms with Gasteiger partial charge in [-0.1, -0.05) is 30.3 Å². The molecule has 1 aromatic heterocycles. The second-order valence-electron chi connectivity index (χ2n) is 5.74. The lowest BCUT2D eigenvalue weighted by Crippen LogP contribution is -2.23. The lowest BCUT2D eigenvalue weighted by atomic mass is 10.0. The first-order chi connectivity index (χ1) is 11.1. The third-order valence-corrected chi connectivity index (χ3v) is 3.93. The van der Waals surface area contributed by atoms with Crippen molar-refractivity contribution in [3.63, 3.8) is 0 Å². The highest BCUT2D eigenvalue weighted by molar-refractivity contribution is 5.77. The minimum atomic E-state index is 0.0599. The van der Waals surface area contributed by atoms with E-state index in [2.05, 4.69) is 29.4 Å². The summed E-state index contributed by atoms with van der Waals surface area (Å²) in [5.41, 5.74) is 5.08. The number of nitrogens with zero attached hydrogens (tertiary/aromatic N) is 1. The van der Waals surface area contributed by atoms with E-state index in [9.17, 15) is 4.79 Å². The molecule has 4 heteroatoms. The van der Waals surface area contributed by atoms with Crippen molar-refractivity contribution in [1.29, 1.82) is 0 Å². The Morgan fingerprint density at radius 3 is 2.83 bits per heavy atom. The van der Waals surface area contributed by atoms with Crippen LogP contribution in [0.3, 0.4) is 0 Å². The summed E-state index contributed by atoms with van der Waals surface area (Å²) in [6.45, 7) is 4.41. The second-order valence-corrected chi connectivity index (χ2v) is 5.74. The molecule has 0 aliphatic carbocycles. The van der Waals surface area contributed by atoms with Crippen LogP contribution in [0.5, 0.6) is 0 Å². The molecule has 2 aromatic carbocycles. The van der Waals surface area contributed by atoms with Gasteiger partial charge in [0.25, 0.3) is 0 Å². The van der Waals surface area contributed by atoms with Gasteiger partial charge in [0, 0.05) is 19.9 Å². The summed E-state index contributed by atoms with van der Waals surface area (Å²) in [6, 6.07) is 14.0. The van der Waals surface area contributed by atoms with Gasteiger partial charge in [0.2, 0.25) is 5.91 Å². The zero-order valence-electron chi connectivity index (χ0n) is 13.4. The van der Waals surface area contributed by atoms with Crippen LogP contribution in [0.15, 0.2) is 46.9 Å². The molecule has 0 radical (unpaired) electrons. The third kappa shape index (κ3) is 3.77. The fourth-order valence-electron chi connectivity index (χ4n) is 2.63. The molecular formula is C19H20N2O2. The average Bonchev–Trinajstić information content (AvgIpc) is 2.91. The van der Waals surface area contributed by atoms with Crippen molar-refractivity contribution in [3.05, 3.63) is 65.0 Å². The molecule has 1 amide bonds. The SMILES string of the molecule is Cc1nc2cc(CNC(=O)CCc3ccccc3C)ccc2o1. The number of carbonyl (C=O) groups is 1. The van der Waals surface area contributed by atoms with E-state index >= 15 is 0 Å². The van der Waals surface area contributed by atoms with Crippen LogP contribution in [0, 0.1) is 13.8 Å². The van der Waals surface area contributed by atoms with Crippen molar-refractivity contribution in [2.45, 2.75) is 33.2 Å². The Morgan fingerprint density at radius 2 is 2.00 bits per heavy atom. The first kappa shape index (κ1) is 15.3. The van der Waals surface area contributed by atoms with Crippen LogP contribution < -0.4 is 5.32 Å². The molecule has 0 bridgehead atoms. The maximum atomic E-state index is 12.0. The van der Waals surface area contributed by atoms with Crippen LogP contribution in [0.2, 0.25) is 0 Å². The van der Waals surface area contributed by atoms with E-state index in [-0.39, 0.29) is 5.91 Å². The predicted molar refractivity (Wildman–Crippen MR) is 90.1 cm³/mol. The Hall–Kier alpha value is -2.62. The Bertz CT molecular complexity index is 836. The van der Waals surface area contributed by atoms with E-state index < -0.39 is 0 Å². The van der Waals surface area contributed by atoms with Gasteiger partial charge in [-0.05, 0) is 42.2 Å². The Balaban J connectivity index is 1.54. The molecule has 118 valence electrons. The standard InChI is InChI=1S/C19H20N2O2/c1-13-5-3-4-6-16(13)8-10-19(22)20-12-15-7-9-18-17(11-15)21-14(2)23-18/h3-7,9,11H,8,10,12H2,1-2H3,(H,20,22). The van der Waals surface area contributed by atoms with Gasteiger partial charge in [-0.2, -0.15) is 0 Å². The van der Waals surface area contributed by atoms with Crippen molar-refractivity contribution in [1.82, 2.24) is 10.3 Å². The lowest BCUT2D eigenvalue weighted by molar-refractivity contribution is -0.121. The summed E-state index contributed by atoms with van der Waals surface area (Å²) < 4.78 is 5.45. The quantitative estimate of drug-likeness (QED) is 0.782. The van der Waals surface area contributed by atoms with Crippen LogP contribution >= 0.6 is 0 Å². The minimum Gasteiger partial charge on any atom is -0.441 e. The largest absolute Gasteiger partial charge is 0.441 e. The first-order valence-electron chi connectivity index (χ1n) is 7.79. The zero-order chi connectivity index (χ0) is 16.2. The molecule has 0 fully saturated rings. The van der Waals surface area contributed by atoms with Crippen LogP contribution in [0.4, 0.5) is 0 Å². The summed E-state index contributed by atoms with van der Waals surface area (Å²) in [5, 5.41) is 2.96. The Morgan fingerprint density at radius 1 is 1.17 bits per heavy atom. The number of benzene rings is 2. The highest BCUT2D eigenvalue weighted by atomic mass is 16.3. The van der Waals surface area contributed by atoms with Crippen molar-refractivity contribution in [2.24, 2.45) is 0 Å². The van der Waals surface area contributed by atoms with Gasteiger partial charge in [0.1, 0.15) is 5.52 Å². The molecule has 4 nitrogen and oxygen atoms in total.